The van der Waals surface area contributed by atoms with Crippen LogP contribution in [0, 0.1) is 5.41 Å². The molecule has 186 valence electrons. The molecule has 0 saturated carbocycles. The van der Waals surface area contributed by atoms with E-state index < -0.39 is 31.7 Å². The minimum Gasteiger partial charge on any atom is -0.381 e. The van der Waals surface area contributed by atoms with E-state index in [1.165, 1.54) is 6.07 Å². The number of anilines is 1. The molecular weight excluding hydrogens is 467 g/mol. The molecule has 3 rings (SSSR count). The van der Waals surface area contributed by atoms with E-state index in [0.29, 0.717) is 23.9 Å². The van der Waals surface area contributed by atoms with Gasteiger partial charge in [-0.2, -0.15) is 13.2 Å². The van der Waals surface area contributed by atoms with Gasteiger partial charge in [-0.1, -0.05) is 39.0 Å². The van der Waals surface area contributed by atoms with Crippen LogP contribution < -0.4 is 4.90 Å². The first-order valence-electron chi connectivity index (χ1n) is 11.2. The monoisotopic (exact) mass is 497 g/mol. The summed E-state index contributed by atoms with van der Waals surface area (Å²) in [5, 5.41) is 0. The molecule has 5 nitrogen and oxygen atoms in total. The molecule has 0 unspecified atom stereocenters. The molecule has 1 amide bonds. The van der Waals surface area contributed by atoms with Gasteiger partial charge in [0, 0.05) is 30.9 Å². The van der Waals surface area contributed by atoms with Gasteiger partial charge in [0.25, 0.3) is 0 Å². The van der Waals surface area contributed by atoms with Gasteiger partial charge in [0.2, 0.25) is 5.91 Å². The number of halogens is 3. The Bertz CT molecular complexity index is 1130. The number of hydrogen-bond acceptors (Lipinski definition) is 4. The van der Waals surface area contributed by atoms with E-state index in [1.807, 2.05) is 27.7 Å². The second-order valence-electron chi connectivity index (χ2n) is 9.48. The number of alkyl halides is 3. The Morgan fingerprint density at radius 2 is 1.62 bits per heavy atom. The SMILES string of the molecule is CCN(C(=O)C(C)(C)C)c1ccc(C2(S(=O)(=O)c3cccc(C(F)(F)F)c3)CCOCC2)cc1. The molecule has 0 aromatic heterocycles. The first kappa shape index (κ1) is 26.2. The number of hydrogen-bond donors (Lipinski definition) is 0. The van der Waals surface area contributed by atoms with Crippen molar-refractivity contribution in [3.63, 3.8) is 0 Å². The molecule has 1 heterocycles. The molecule has 2 aromatic carbocycles. The van der Waals surface area contributed by atoms with Gasteiger partial charge in [0.05, 0.1) is 10.5 Å². The fourth-order valence-corrected chi connectivity index (χ4v) is 6.41. The average Bonchev–Trinajstić information content (AvgIpc) is 2.79. The highest BCUT2D eigenvalue weighted by atomic mass is 32.2. The molecule has 1 aliphatic rings. The highest BCUT2D eigenvalue weighted by Crippen LogP contribution is 2.45. The topological polar surface area (TPSA) is 63.7 Å². The van der Waals surface area contributed by atoms with Crippen LogP contribution in [0.2, 0.25) is 0 Å². The van der Waals surface area contributed by atoms with Crippen molar-refractivity contribution in [1.29, 1.82) is 0 Å². The summed E-state index contributed by atoms with van der Waals surface area (Å²) in [7, 11) is -4.20. The molecule has 1 fully saturated rings. The van der Waals surface area contributed by atoms with Gasteiger partial charge in [0.15, 0.2) is 9.84 Å². The van der Waals surface area contributed by atoms with Crippen LogP contribution in [-0.4, -0.2) is 34.1 Å². The summed E-state index contributed by atoms with van der Waals surface area (Å²) in [6.07, 6.45) is -4.42. The van der Waals surface area contributed by atoms with Gasteiger partial charge >= 0.3 is 6.18 Å². The molecule has 9 heteroatoms. The third-order valence-corrected chi connectivity index (χ3v) is 8.74. The number of carbonyl (C=O) groups excluding carboxylic acids is 1. The molecule has 1 aliphatic heterocycles. The normalized spacial score (nSPS) is 16.8. The highest BCUT2D eigenvalue weighted by Gasteiger charge is 2.48. The molecule has 0 bridgehead atoms. The van der Waals surface area contributed by atoms with E-state index in [9.17, 15) is 26.4 Å². The lowest BCUT2D eigenvalue weighted by Crippen LogP contribution is -2.42. The van der Waals surface area contributed by atoms with Crippen LogP contribution in [0.4, 0.5) is 18.9 Å². The molecule has 34 heavy (non-hydrogen) atoms. The van der Waals surface area contributed by atoms with Crippen molar-refractivity contribution in [2.75, 3.05) is 24.7 Å². The number of nitrogens with zero attached hydrogens (tertiary/aromatic N) is 1. The maximum atomic E-state index is 13.8. The molecular formula is C25H30F3NO4S. The van der Waals surface area contributed by atoms with Crippen molar-refractivity contribution >= 4 is 21.4 Å². The zero-order valence-corrected chi connectivity index (χ0v) is 20.6. The molecule has 0 radical (unpaired) electrons. The standard InChI is InChI=1S/C25H30F3NO4S/c1-5-29(22(30)23(2,3)4)20-11-9-18(10-12-20)24(13-15-33-16-14-24)34(31,32)21-8-6-7-19(17-21)25(26,27)28/h6-12,17H,5,13-16H2,1-4H3. The van der Waals surface area contributed by atoms with Crippen LogP contribution in [-0.2, 0) is 30.3 Å². The second kappa shape index (κ2) is 9.34. The Morgan fingerprint density at radius 1 is 1.03 bits per heavy atom. The third-order valence-electron chi connectivity index (χ3n) is 6.19. The Kier molecular flexibility index (Phi) is 7.20. The summed E-state index contributed by atoms with van der Waals surface area (Å²) in [6.45, 7) is 8.11. The fraction of sp³-hybridized carbons (Fsp3) is 0.480. The van der Waals surface area contributed by atoms with Crippen LogP contribution in [0.1, 0.15) is 51.7 Å². The van der Waals surface area contributed by atoms with Crippen molar-refractivity contribution in [3.05, 3.63) is 59.7 Å². The Hall–Kier alpha value is -2.39. The predicted octanol–water partition coefficient (Wildman–Crippen LogP) is 5.58. The molecule has 0 spiro atoms. The first-order chi connectivity index (χ1) is 15.7. The largest absolute Gasteiger partial charge is 0.416 e. The van der Waals surface area contributed by atoms with Crippen molar-refractivity contribution in [1.82, 2.24) is 0 Å². The van der Waals surface area contributed by atoms with Crippen LogP contribution >= 0.6 is 0 Å². The van der Waals surface area contributed by atoms with Gasteiger partial charge in [-0.25, -0.2) is 8.42 Å². The minimum absolute atomic E-state index is 0.0693. The lowest BCUT2D eigenvalue weighted by Gasteiger charge is -2.37. The maximum absolute atomic E-state index is 13.8. The van der Waals surface area contributed by atoms with Crippen LogP contribution in [0.25, 0.3) is 0 Å². The Labute approximate surface area is 198 Å². The van der Waals surface area contributed by atoms with Crippen molar-refractivity contribution < 1.29 is 31.1 Å². The van der Waals surface area contributed by atoms with E-state index >= 15 is 0 Å². The summed E-state index contributed by atoms with van der Waals surface area (Å²) >= 11 is 0. The number of benzene rings is 2. The van der Waals surface area contributed by atoms with E-state index in [-0.39, 0.29) is 36.9 Å². The minimum atomic E-state index is -4.65. The van der Waals surface area contributed by atoms with Gasteiger partial charge in [0.1, 0.15) is 4.75 Å². The number of ether oxygens (including phenoxy) is 1. The van der Waals surface area contributed by atoms with Gasteiger partial charge in [-0.15, -0.1) is 0 Å². The van der Waals surface area contributed by atoms with E-state index in [1.54, 1.807) is 29.2 Å². The van der Waals surface area contributed by atoms with Crippen molar-refractivity contribution in [2.24, 2.45) is 5.41 Å². The summed E-state index contributed by atoms with van der Waals surface area (Å²) in [4.78, 5) is 14.1. The second-order valence-corrected chi connectivity index (χ2v) is 11.7. The summed E-state index contributed by atoms with van der Waals surface area (Å²) in [5.41, 5.74) is -0.504. The lowest BCUT2D eigenvalue weighted by atomic mass is 9.90. The highest BCUT2D eigenvalue weighted by molar-refractivity contribution is 7.92. The van der Waals surface area contributed by atoms with Gasteiger partial charge < -0.3 is 9.64 Å². The van der Waals surface area contributed by atoms with Gasteiger partial charge in [-0.3, -0.25) is 4.79 Å². The van der Waals surface area contributed by atoms with E-state index in [2.05, 4.69) is 0 Å². The zero-order chi connectivity index (χ0) is 25.4. The van der Waals surface area contributed by atoms with Crippen molar-refractivity contribution in [3.8, 4) is 0 Å². The maximum Gasteiger partial charge on any atom is 0.416 e. The Morgan fingerprint density at radius 3 is 2.12 bits per heavy atom. The lowest BCUT2D eigenvalue weighted by molar-refractivity contribution is -0.137. The van der Waals surface area contributed by atoms with Crippen LogP contribution in [0.5, 0.6) is 0 Å². The quantitative estimate of drug-likeness (QED) is 0.541. The summed E-state index contributed by atoms with van der Waals surface area (Å²) < 4.78 is 71.4. The number of amides is 1. The Balaban J connectivity index is 2.08. The molecule has 0 atom stereocenters. The van der Waals surface area contributed by atoms with Gasteiger partial charge in [-0.05, 0) is 55.7 Å². The summed E-state index contributed by atoms with van der Waals surface area (Å²) in [5.74, 6) is -0.0693. The van der Waals surface area contributed by atoms with E-state index in [0.717, 1.165) is 12.1 Å². The summed E-state index contributed by atoms with van der Waals surface area (Å²) in [6, 6.07) is 10.6. The van der Waals surface area contributed by atoms with E-state index in [4.69, 9.17) is 4.74 Å². The number of carbonyl (C=O) groups is 1. The first-order valence-corrected chi connectivity index (χ1v) is 12.6. The fourth-order valence-electron chi connectivity index (χ4n) is 4.27. The predicted molar refractivity (Wildman–Crippen MR) is 124 cm³/mol. The number of sulfone groups is 1. The molecule has 1 saturated heterocycles. The van der Waals surface area contributed by atoms with Crippen molar-refractivity contribution in [2.45, 2.75) is 56.4 Å². The van der Waals surface area contributed by atoms with Crippen LogP contribution in [0.15, 0.2) is 53.4 Å². The molecule has 0 N–H and O–H groups in total. The number of rotatable bonds is 5. The third kappa shape index (κ3) is 4.86. The smallest absolute Gasteiger partial charge is 0.381 e. The average molecular weight is 498 g/mol. The molecule has 0 aliphatic carbocycles. The molecule has 2 aromatic rings. The zero-order valence-electron chi connectivity index (χ0n) is 19.8. The van der Waals surface area contributed by atoms with Crippen LogP contribution in [0.3, 0.4) is 0 Å².